The third-order valence-corrected chi connectivity index (χ3v) is 3.77. The van der Waals surface area contributed by atoms with E-state index in [0.29, 0.717) is 12.4 Å². The maximum absolute atomic E-state index is 12.0. The molecule has 0 fully saturated rings. The third-order valence-electron chi connectivity index (χ3n) is 3.07. The van der Waals surface area contributed by atoms with Gasteiger partial charge in [-0.3, -0.25) is 4.79 Å². The van der Waals surface area contributed by atoms with Crippen molar-refractivity contribution in [3.63, 3.8) is 0 Å². The van der Waals surface area contributed by atoms with Gasteiger partial charge in [0.15, 0.2) is 0 Å². The molecule has 0 bridgehead atoms. The van der Waals surface area contributed by atoms with Gasteiger partial charge in [0.25, 0.3) is 5.56 Å². The zero-order chi connectivity index (χ0) is 12.5. The maximum atomic E-state index is 12.0. The molecule has 0 unspecified atom stereocenters. The van der Waals surface area contributed by atoms with E-state index in [4.69, 9.17) is 0 Å². The summed E-state index contributed by atoms with van der Waals surface area (Å²) in [4.78, 5) is 19.5. The Balaban J connectivity index is 2.17. The highest BCUT2D eigenvalue weighted by atomic mass is 79.9. The van der Waals surface area contributed by atoms with Crippen molar-refractivity contribution in [1.82, 2.24) is 15.3 Å². The van der Waals surface area contributed by atoms with Crippen molar-refractivity contribution < 1.29 is 0 Å². The Labute approximate surface area is 113 Å². The first kappa shape index (κ1) is 11.6. The minimum atomic E-state index is -0.0211. The largest absolute Gasteiger partial charge is 0.311 e. The van der Waals surface area contributed by atoms with E-state index < -0.39 is 0 Å². The quantitative estimate of drug-likeness (QED) is 0.845. The number of fused-ring (bicyclic) bond motifs is 1. The lowest BCUT2D eigenvalue weighted by molar-refractivity contribution is 0.619. The second-order valence-corrected chi connectivity index (χ2v) is 5.10. The van der Waals surface area contributed by atoms with Gasteiger partial charge in [-0.1, -0.05) is 34.1 Å². The summed E-state index contributed by atoms with van der Waals surface area (Å²) >= 11 is 3.48. The van der Waals surface area contributed by atoms with E-state index in [2.05, 4.69) is 31.2 Å². The van der Waals surface area contributed by atoms with Crippen LogP contribution in [0, 0.1) is 0 Å². The molecule has 1 aliphatic heterocycles. The Bertz CT molecular complexity index is 651. The van der Waals surface area contributed by atoms with Crippen LogP contribution in [0.2, 0.25) is 0 Å². The summed E-state index contributed by atoms with van der Waals surface area (Å²) in [6.07, 6.45) is 0.744. The summed E-state index contributed by atoms with van der Waals surface area (Å²) in [5.41, 5.74) is 2.55. The zero-order valence-electron chi connectivity index (χ0n) is 9.66. The number of benzene rings is 1. The Morgan fingerprint density at radius 2 is 2.11 bits per heavy atom. The van der Waals surface area contributed by atoms with Gasteiger partial charge in [0.1, 0.15) is 5.82 Å². The topological polar surface area (TPSA) is 57.8 Å². The molecule has 0 amide bonds. The van der Waals surface area contributed by atoms with Crippen molar-refractivity contribution in [2.75, 3.05) is 6.54 Å². The summed E-state index contributed by atoms with van der Waals surface area (Å²) in [6.45, 7) is 1.50. The van der Waals surface area contributed by atoms with Crippen LogP contribution >= 0.6 is 15.9 Å². The van der Waals surface area contributed by atoms with Crippen molar-refractivity contribution in [2.45, 2.75) is 13.0 Å². The van der Waals surface area contributed by atoms with Crippen LogP contribution < -0.4 is 10.9 Å². The first-order valence-corrected chi connectivity index (χ1v) is 6.62. The number of halogens is 1. The van der Waals surface area contributed by atoms with Gasteiger partial charge in [0.05, 0.1) is 5.69 Å². The minimum absolute atomic E-state index is 0.0211. The fraction of sp³-hybridized carbons (Fsp3) is 0.231. The van der Waals surface area contributed by atoms with Gasteiger partial charge in [0.2, 0.25) is 0 Å². The van der Waals surface area contributed by atoms with Gasteiger partial charge in [-0.05, 0) is 19.0 Å². The average Bonchev–Trinajstić information content (AvgIpc) is 2.39. The smallest absolute Gasteiger partial charge is 0.254 e. The van der Waals surface area contributed by atoms with Crippen molar-refractivity contribution in [2.24, 2.45) is 0 Å². The molecule has 5 heteroatoms. The number of aromatic amines is 1. The Hall–Kier alpha value is -1.46. The van der Waals surface area contributed by atoms with Gasteiger partial charge in [-0.2, -0.15) is 0 Å². The molecule has 3 rings (SSSR count). The molecule has 1 aromatic heterocycles. The molecular weight excluding hydrogens is 294 g/mol. The highest BCUT2D eigenvalue weighted by Crippen LogP contribution is 2.25. The summed E-state index contributed by atoms with van der Waals surface area (Å²) in [6, 6.07) is 7.74. The Kier molecular flexibility index (Phi) is 3.01. The molecule has 92 valence electrons. The van der Waals surface area contributed by atoms with Crippen molar-refractivity contribution in [3.05, 3.63) is 50.3 Å². The van der Waals surface area contributed by atoms with Crippen molar-refractivity contribution >= 4 is 15.9 Å². The number of hydrogen-bond donors (Lipinski definition) is 2. The van der Waals surface area contributed by atoms with E-state index in [1.165, 1.54) is 0 Å². The molecule has 0 radical (unpaired) electrons. The van der Waals surface area contributed by atoms with Crippen LogP contribution in [0.3, 0.4) is 0 Å². The van der Waals surface area contributed by atoms with Gasteiger partial charge in [-0.25, -0.2) is 4.98 Å². The molecule has 2 aromatic rings. The summed E-state index contributed by atoms with van der Waals surface area (Å²) in [5.74, 6) is 0.620. The lowest BCUT2D eigenvalue weighted by Crippen LogP contribution is -2.31. The summed E-state index contributed by atoms with van der Waals surface area (Å²) < 4.78 is 0.928. The second-order valence-electron chi connectivity index (χ2n) is 4.25. The molecule has 0 saturated carbocycles. The van der Waals surface area contributed by atoms with Crippen LogP contribution in [-0.4, -0.2) is 16.5 Å². The van der Waals surface area contributed by atoms with Gasteiger partial charge in [0, 0.05) is 22.1 Å². The van der Waals surface area contributed by atoms with Crippen LogP contribution in [0.15, 0.2) is 33.5 Å². The second kappa shape index (κ2) is 4.66. The van der Waals surface area contributed by atoms with Crippen LogP contribution in [0.25, 0.3) is 11.4 Å². The molecular formula is C13H12BrN3O. The highest BCUT2D eigenvalue weighted by molar-refractivity contribution is 9.10. The summed E-state index contributed by atoms with van der Waals surface area (Å²) in [7, 11) is 0. The molecule has 2 N–H and O–H groups in total. The highest BCUT2D eigenvalue weighted by Gasteiger charge is 2.16. The van der Waals surface area contributed by atoms with E-state index in [9.17, 15) is 4.79 Å². The summed E-state index contributed by atoms with van der Waals surface area (Å²) in [5, 5.41) is 3.23. The number of aromatic nitrogens is 2. The predicted octanol–water partition coefficient (Wildman–Crippen LogP) is 1.85. The normalized spacial score (nSPS) is 14.3. The zero-order valence-corrected chi connectivity index (χ0v) is 11.3. The number of nitrogens with one attached hydrogen (secondary N) is 2. The van der Waals surface area contributed by atoms with E-state index in [1.54, 1.807) is 0 Å². The van der Waals surface area contributed by atoms with Crippen LogP contribution in [-0.2, 0) is 13.0 Å². The number of nitrogens with zero attached hydrogens (tertiary/aromatic N) is 1. The minimum Gasteiger partial charge on any atom is -0.311 e. The van der Waals surface area contributed by atoms with Crippen LogP contribution in [0.4, 0.5) is 0 Å². The van der Waals surface area contributed by atoms with Gasteiger partial charge < -0.3 is 10.3 Å². The lowest BCUT2D eigenvalue weighted by Gasteiger charge is -2.16. The molecule has 0 saturated heterocycles. The maximum Gasteiger partial charge on any atom is 0.254 e. The molecule has 1 aliphatic rings. The number of rotatable bonds is 1. The number of H-pyrrole nitrogens is 1. The fourth-order valence-electron chi connectivity index (χ4n) is 2.15. The third kappa shape index (κ3) is 2.00. The van der Waals surface area contributed by atoms with Crippen molar-refractivity contribution in [3.8, 4) is 11.4 Å². The molecule has 0 spiro atoms. The Morgan fingerprint density at radius 1 is 1.28 bits per heavy atom. The van der Waals surface area contributed by atoms with Crippen LogP contribution in [0.1, 0.15) is 11.3 Å². The fourth-order valence-corrected chi connectivity index (χ4v) is 2.62. The van der Waals surface area contributed by atoms with E-state index >= 15 is 0 Å². The standard InChI is InChI=1S/C13H12BrN3O/c14-10-4-2-1-3-8(10)12-16-11-7-15-6-5-9(11)13(18)17-12/h1-4,15H,5-7H2,(H,16,17,18). The lowest BCUT2D eigenvalue weighted by atomic mass is 10.1. The molecule has 2 heterocycles. The van der Waals surface area contributed by atoms with Gasteiger partial charge in [-0.15, -0.1) is 0 Å². The SMILES string of the molecule is O=c1[nH]c(-c2ccccc2Br)nc2c1CCNC2. The van der Waals surface area contributed by atoms with E-state index in [0.717, 1.165) is 34.3 Å². The number of hydrogen-bond acceptors (Lipinski definition) is 3. The predicted molar refractivity (Wildman–Crippen MR) is 73.4 cm³/mol. The van der Waals surface area contributed by atoms with Crippen LogP contribution in [0.5, 0.6) is 0 Å². The molecule has 4 nitrogen and oxygen atoms in total. The van der Waals surface area contributed by atoms with Crippen molar-refractivity contribution in [1.29, 1.82) is 0 Å². The Morgan fingerprint density at radius 3 is 2.94 bits per heavy atom. The molecule has 18 heavy (non-hydrogen) atoms. The van der Waals surface area contributed by atoms with Gasteiger partial charge >= 0.3 is 0 Å². The van der Waals surface area contributed by atoms with E-state index in [1.807, 2.05) is 24.3 Å². The molecule has 0 aliphatic carbocycles. The average molecular weight is 306 g/mol. The first-order chi connectivity index (χ1) is 8.75. The molecule has 0 atom stereocenters. The molecule has 1 aromatic carbocycles. The first-order valence-electron chi connectivity index (χ1n) is 5.83. The van der Waals surface area contributed by atoms with E-state index in [-0.39, 0.29) is 5.56 Å². The monoisotopic (exact) mass is 305 g/mol.